The number of rotatable bonds is 20. The number of para-hydroxylation sites is 3. The third-order valence-corrected chi connectivity index (χ3v) is 19.9. The molecule has 2 bridgehead atoms. The molecule has 3 aliphatic rings. The van der Waals surface area contributed by atoms with Crippen molar-refractivity contribution in [3.8, 4) is 17.2 Å². The number of benzene rings is 5. The molecule has 0 aromatic heterocycles. The van der Waals surface area contributed by atoms with Gasteiger partial charge in [-0.15, -0.1) is 48.3 Å². The summed E-state index contributed by atoms with van der Waals surface area (Å²) in [6, 6.07) is 33.7. The van der Waals surface area contributed by atoms with Gasteiger partial charge in [-0.25, -0.2) is 5.09 Å². The van der Waals surface area contributed by atoms with Crippen molar-refractivity contribution < 1.29 is 46.4 Å². The molecule has 8 rings (SSSR count). The molecule has 2 unspecified atom stereocenters. The van der Waals surface area contributed by atoms with Crippen molar-refractivity contribution in [1.29, 1.82) is 0 Å². The number of hydrogen-bond acceptors (Lipinski definition) is 18. The van der Waals surface area contributed by atoms with Crippen LogP contribution in [0.15, 0.2) is 144 Å². The molecule has 2 aliphatic heterocycles. The molecular weight excluding hydrogens is 1080 g/mol. The first-order valence-electron chi connectivity index (χ1n) is 24.1. The number of ether oxygens (including phenoxy) is 3. The minimum Gasteiger partial charge on any atom is -0.421 e. The van der Waals surface area contributed by atoms with Gasteiger partial charge in [-0.1, -0.05) is 72.8 Å². The molecule has 5 aromatic carbocycles. The van der Waals surface area contributed by atoms with Crippen molar-refractivity contribution in [2.75, 3.05) is 109 Å². The van der Waals surface area contributed by atoms with Gasteiger partial charge in [0.05, 0.1) is 78.1 Å². The monoisotopic (exact) mass is 1140 g/mol. The van der Waals surface area contributed by atoms with Crippen molar-refractivity contribution in [2.45, 2.75) is 0 Å². The molecule has 396 valence electrons. The highest BCUT2D eigenvalue weighted by atomic mass is 35.5. The van der Waals surface area contributed by atoms with E-state index >= 15 is 0 Å². The number of halogens is 3. The number of carbonyl (C=O) groups is 2. The average Bonchev–Trinajstić information content (AvgIpc) is 3.45. The molecule has 0 radical (unpaired) electrons. The molecule has 0 saturated heterocycles. The minimum absolute atomic E-state index is 0.0302. The van der Waals surface area contributed by atoms with E-state index in [1.165, 1.54) is 0 Å². The number of alkyl halides is 3. The van der Waals surface area contributed by atoms with Crippen molar-refractivity contribution in [3.63, 3.8) is 0 Å². The second-order valence-electron chi connectivity index (χ2n) is 16.1. The van der Waals surface area contributed by atoms with Gasteiger partial charge in [0.25, 0.3) is 7.58 Å². The number of nitrogens with one attached hydrogen (secondary N) is 2. The maximum Gasteiger partial charge on any atom is 0.457 e. The Hall–Kier alpha value is -5.03. The lowest BCUT2D eigenvalue weighted by atomic mass is 9.83. The van der Waals surface area contributed by atoms with Gasteiger partial charge >= 0.3 is 15.3 Å². The Morgan fingerprint density at radius 1 is 0.507 bits per heavy atom. The van der Waals surface area contributed by atoms with Crippen molar-refractivity contribution >= 4 is 93.6 Å². The summed E-state index contributed by atoms with van der Waals surface area (Å²) in [5.41, 5.74) is 3.47. The predicted octanol–water partition coefficient (Wildman–Crippen LogP) is 11.6. The van der Waals surface area contributed by atoms with E-state index in [2.05, 4.69) is 25.4 Å². The zero-order valence-electron chi connectivity index (χ0n) is 40.8. The lowest BCUT2D eigenvalue weighted by Crippen LogP contribution is -2.25. The van der Waals surface area contributed by atoms with Crippen LogP contribution in [0.3, 0.4) is 0 Å². The van der Waals surface area contributed by atoms with E-state index in [4.69, 9.17) is 85.2 Å². The Kier molecular flexibility index (Phi) is 21.3. The highest BCUT2D eigenvalue weighted by Crippen LogP contribution is 2.78. The fourth-order valence-electron chi connectivity index (χ4n) is 7.57. The summed E-state index contributed by atoms with van der Waals surface area (Å²) in [6.45, 7) is 2.64. The first-order chi connectivity index (χ1) is 36.8. The van der Waals surface area contributed by atoms with Gasteiger partial charge in [-0.2, -0.15) is 0 Å². The van der Waals surface area contributed by atoms with Gasteiger partial charge in [0.1, 0.15) is 17.2 Å². The van der Waals surface area contributed by atoms with Crippen LogP contribution < -0.4 is 24.0 Å². The van der Waals surface area contributed by atoms with Crippen molar-refractivity contribution in [3.05, 3.63) is 154 Å². The molecule has 2 heterocycles. The number of nitrogens with zero attached hydrogens (tertiary/aromatic N) is 6. The Balaban J connectivity index is 1.32. The quantitative estimate of drug-likeness (QED) is 0.0317. The molecule has 0 saturated carbocycles. The van der Waals surface area contributed by atoms with Crippen LogP contribution in [-0.2, 0) is 23.3 Å². The largest absolute Gasteiger partial charge is 0.457 e. The number of anilines is 1. The summed E-state index contributed by atoms with van der Waals surface area (Å²) < 4.78 is 69.2. The second kappa shape index (κ2) is 28.4. The molecule has 0 spiro atoms. The van der Waals surface area contributed by atoms with Crippen molar-refractivity contribution in [2.24, 2.45) is 28.5 Å². The maximum atomic E-state index is 14.0. The molecule has 24 heteroatoms. The lowest BCUT2D eigenvalue weighted by molar-refractivity contribution is 0.00495. The highest BCUT2D eigenvalue weighted by molar-refractivity contribution is 7.79. The Labute approximate surface area is 451 Å². The van der Waals surface area contributed by atoms with E-state index in [1.54, 1.807) is 79.3 Å². The van der Waals surface area contributed by atoms with Crippen LogP contribution in [0.1, 0.15) is 48.5 Å². The summed E-state index contributed by atoms with van der Waals surface area (Å²) >= 11 is 18.2. The second-order valence-corrected chi connectivity index (χ2v) is 23.8. The molecule has 18 nitrogen and oxygen atoms in total. The van der Waals surface area contributed by atoms with Crippen LogP contribution in [0.4, 0.5) is 5.69 Å². The Bertz CT molecular complexity index is 2990. The third kappa shape index (κ3) is 15.1. The van der Waals surface area contributed by atoms with Crippen LogP contribution in [0, 0.1) is 0 Å². The smallest absolute Gasteiger partial charge is 0.421 e. The summed E-state index contributed by atoms with van der Waals surface area (Å²) in [4.78, 5) is 41.3. The van der Waals surface area contributed by atoms with E-state index in [9.17, 15) is 9.59 Å². The van der Waals surface area contributed by atoms with E-state index in [1.807, 2.05) is 54.6 Å². The highest BCUT2D eigenvalue weighted by Gasteiger charge is 2.46. The number of aliphatic imine (C=N–C) groups is 3. The van der Waals surface area contributed by atoms with E-state index < -0.39 is 22.9 Å². The maximum absolute atomic E-state index is 14.0. The van der Waals surface area contributed by atoms with E-state index in [0.717, 1.165) is 0 Å². The van der Waals surface area contributed by atoms with Gasteiger partial charge in [-0.05, 0) is 42.5 Å². The zero-order valence-corrected chi connectivity index (χ0v) is 45.7. The van der Waals surface area contributed by atoms with Crippen molar-refractivity contribution in [1.82, 2.24) is 5.09 Å². The zero-order chi connectivity index (χ0) is 52.2. The Morgan fingerprint density at radius 2 is 0.973 bits per heavy atom. The fraction of sp³-hybridized carbons (Fsp3) is 0.314. The summed E-state index contributed by atoms with van der Waals surface area (Å²) in [6.07, 6.45) is 4.98. The molecule has 0 fully saturated rings. The van der Waals surface area contributed by atoms with Gasteiger partial charge < -0.3 is 37.6 Å². The first kappa shape index (κ1) is 56.2. The standard InChI is InChI=1S/C51H56Cl3N8O10P3/c52-20-23-55-36-39-10-1-6-17-46(39)70-74-60-73(68-34-32-66-30-28-65-29-31-67-33-35-69-74,59-27-26-58-45-16-9-15-44-49(45)51(64)43-14-5-4-13-42(43)50(44)63)61-75(62-74,71-47-18-7-2-11-40(47)37-56-24-21-53)72-48-19-8-3-12-41(48)38-57-25-22-54/h1-19,36-38,58-59H,20-35H2. The minimum atomic E-state index is -4.27. The van der Waals surface area contributed by atoms with Crippen LogP contribution in [-0.4, -0.2) is 133 Å². The summed E-state index contributed by atoms with van der Waals surface area (Å²) in [7, 11) is -12.4. The molecule has 5 aromatic rings. The number of hydrogen-bond donors (Lipinski definition) is 2. The topological polar surface area (TPSA) is 206 Å². The van der Waals surface area contributed by atoms with Crippen LogP contribution >= 0.6 is 57.7 Å². The van der Waals surface area contributed by atoms with Gasteiger partial charge in [0, 0.05) is 88.4 Å². The van der Waals surface area contributed by atoms with Crippen LogP contribution in [0.5, 0.6) is 17.2 Å². The molecule has 75 heavy (non-hydrogen) atoms. The predicted molar refractivity (Wildman–Crippen MR) is 299 cm³/mol. The summed E-state index contributed by atoms with van der Waals surface area (Å²) in [5, 5.41) is 6.94. The normalized spacial score (nSPS) is 21.4. The SMILES string of the molecule is O=C1c2ccccc2C(=O)c2c(NCCNP34=NP(Oc5ccccc5C=NCCCl)(Oc5ccccc5C=NCCCl)=NP(Oc5ccccc5C=NCCCl)(=N3)OCCOCCOCCOCCO4)cccc21. The molecule has 1 aliphatic carbocycles. The molecule has 0 amide bonds. The molecule has 2 atom stereocenters. The molecular formula is C51H56Cl3N8O10P3. The fourth-order valence-corrected chi connectivity index (χ4v) is 17.6. The van der Waals surface area contributed by atoms with Crippen LogP contribution in [0.2, 0.25) is 0 Å². The summed E-state index contributed by atoms with van der Waals surface area (Å²) in [5.74, 6) is 1.34. The molecule has 2 N–H and O–H groups in total. The number of carbonyl (C=O) groups excluding carboxylic acids is 2. The average molecular weight is 1140 g/mol. The van der Waals surface area contributed by atoms with Gasteiger partial charge in [0.2, 0.25) is 0 Å². The number of fused-ring (bicyclic) bond motifs is 3. The van der Waals surface area contributed by atoms with E-state index in [-0.39, 0.29) is 69.9 Å². The van der Waals surface area contributed by atoms with Gasteiger partial charge in [0.15, 0.2) is 11.6 Å². The van der Waals surface area contributed by atoms with E-state index in [0.29, 0.717) is 107 Å². The Morgan fingerprint density at radius 3 is 1.52 bits per heavy atom. The number of ketones is 2. The first-order valence-corrected chi connectivity index (χ1v) is 30.3. The lowest BCUT2D eigenvalue weighted by Gasteiger charge is -2.34. The van der Waals surface area contributed by atoms with Gasteiger partial charge in [-0.3, -0.25) is 29.1 Å². The van der Waals surface area contributed by atoms with Crippen LogP contribution in [0.25, 0.3) is 0 Å². The third-order valence-electron chi connectivity index (χ3n) is 10.9.